The second kappa shape index (κ2) is 5.70. The number of anilines is 1. The average molecular weight is 326 g/mol. The number of nitrogens with zero attached hydrogens (tertiary/aromatic N) is 3. The topological polar surface area (TPSA) is 38.2 Å². The van der Waals surface area contributed by atoms with Crippen LogP contribution in [0.15, 0.2) is 42.6 Å². The summed E-state index contributed by atoms with van der Waals surface area (Å²) >= 11 is 6.41. The summed E-state index contributed by atoms with van der Waals surface area (Å²) in [6, 6.07) is 11.7. The maximum Gasteiger partial charge on any atom is 0.128 e. The zero-order chi connectivity index (χ0) is 15.8. The molecule has 116 valence electrons. The van der Waals surface area contributed by atoms with E-state index in [9.17, 15) is 0 Å². The molecule has 3 heterocycles. The van der Waals surface area contributed by atoms with Gasteiger partial charge in [-0.2, -0.15) is 0 Å². The lowest BCUT2D eigenvalue weighted by molar-refractivity contribution is 0.415. The highest BCUT2D eigenvalue weighted by molar-refractivity contribution is 6.35. The summed E-state index contributed by atoms with van der Waals surface area (Å²) in [6.45, 7) is 2.18. The molecule has 0 amide bonds. The van der Waals surface area contributed by atoms with E-state index in [4.69, 9.17) is 21.3 Å². The summed E-state index contributed by atoms with van der Waals surface area (Å²) in [6.07, 6.45) is 3.10. The van der Waals surface area contributed by atoms with Crippen LogP contribution < -0.4 is 9.64 Å². The van der Waals surface area contributed by atoms with Crippen molar-refractivity contribution in [2.75, 3.05) is 25.1 Å². The Balaban J connectivity index is 1.75. The predicted octanol–water partition coefficient (Wildman–Crippen LogP) is 4.17. The zero-order valence-corrected chi connectivity index (χ0v) is 13.5. The summed E-state index contributed by atoms with van der Waals surface area (Å²) in [5.74, 6) is 1.79. The van der Waals surface area contributed by atoms with Gasteiger partial charge in [0.2, 0.25) is 0 Å². The Hall–Kier alpha value is -2.33. The van der Waals surface area contributed by atoms with Gasteiger partial charge in [-0.15, -0.1) is 0 Å². The molecule has 2 aromatic heterocycles. The number of hydrogen-bond acceptors (Lipinski definition) is 4. The number of pyridine rings is 2. The largest absolute Gasteiger partial charge is 0.497 e. The first kappa shape index (κ1) is 14.3. The molecular weight excluding hydrogens is 310 g/mol. The highest BCUT2D eigenvalue weighted by atomic mass is 35.5. The molecule has 1 fully saturated rings. The third kappa shape index (κ3) is 2.59. The van der Waals surface area contributed by atoms with Crippen LogP contribution in [-0.2, 0) is 0 Å². The molecular formula is C18H16ClN3O. The third-order valence-corrected chi connectivity index (χ3v) is 4.50. The number of aromatic nitrogens is 2. The molecule has 0 aliphatic carbocycles. The molecule has 23 heavy (non-hydrogen) atoms. The molecule has 4 nitrogen and oxygen atoms in total. The zero-order valence-electron chi connectivity index (χ0n) is 12.8. The Labute approximate surface area is 139 Å². The van der Waals surface area contributed by atoms with Crippen molar-refractivity contribution in [3.05, 3.63) is 47.6 Å². The van der Waals surface area contributed by atoms with E-state index < -0.39 is 0 Å². The van der Waals surface area contributed by atoms with Crippen LogP contribution in [0.5, 0.6) is 5.75 Å². The Morgan fingerprint density at radius 3 is 2.65 bits per heavy atom. The van der Waals surface area contributed by atoms with Gasteiger partial charge in [0.25, 0.3) is 0 Å². The second-order valence-electron chi connectivity index (χ2n) is 5.62. The summed E-state index contributed by atoms with van der Waals surface area (Å²) in [4.78, 5) is 11.5. The molecule has 1 aliphatic heterocycles. The van der Waals surface area contributed by atoms with Gasteiger partial charge in [-0.25, -0.2) is 9.97 Å². The van der Waals surface area contributed by atoms with Crippen LogP contribution in [-0.4, -0.2) is 30.2 Å². The van der Waals surface area contributed by atoms with Gasteiger partial charge in [-0.1, -0.05) is 11.6 Å². The van der Waals surface area contributed by atoms with Crippen molar-refractivity contribution in [3.63, 3.8) is 0 Å². The molecule has 3 aromatic rings. The number of halogens is 1. The molecule has 1 aromatic carbocycles. The van der Waals surface area contributed by atoms with Gasteiger partial charge in [0.05, 0.1) is 23.3 Å². The van der Waals surface area contributed by atoms with E-state index in [0.717, 1.165) is 46.8 Å². The van der Waals surface area contributed by atoms with Crippen molar-refractivity contribution in [1.29, 1.82) is 0 Å². The molecule has 1 saturated heterocycles. The minimum absolute atomic E-state index is 0.680. The van der Waals surface area contributed by atoms with Crippen molar-refractivity contribution in [2.45, 2.75) is 6.42 Å². The predicted molar refractivity (Wildman–Crippen MR) is 93.4 cm³/mol. The summed E-state index contributed by atoms with van der Waals surface area (Å²) in [5.41, 5.74) is 2.60. The van der Waals surface area contributed by atoms with Gasteiger partial charge < -0.3 is 9.64 Å². The number of benzene rings is 1. The van der Waals surface area contributed by atoms with Crippen LogP contribution >= 0.6 is 11.6 Å². The van der Waals surface area contributed by atoms with Gasteiger partial charge in [0, 0.05) is 36.3 Å². The van der Waals surface area contributed by atoms with Crippen molar-refractivity contribution >= 4 is 28.3 Å². The first-order valence-electron chi connectivity index (χ1n) is 7.60. The van der Waals surface area contributed by atoms with E-state index in [1.54, 1.807) is 7.11 Å². The number of ether oxygens (including phenoxy) is 1. The van der Waals surface area contributed by atoms with Crippen LogP contribution in [0.25, 0.3) is 22.2 Å². The van der Waals surface area contributed by atoms with Crippen molar-refractivity contribution in [3.8, 4) is 17.0 Å². The Morgan fingerprint density at radius 1 is 1.13 bits per heavy atom. The van der Waals surface area contributed by atoms with Crippen molar-refractivity contribution in [1.82, 2.24) is 9.97 Å². The number of rotatable bonds is 3. The molecule has 0 atom stereocenters. The molecule has 0 N–H and O–H groups in total. The molecule has 4 rings (SSSR count). The van der Waals surface area contributed by atoms with Crippen molar-refractivity contribution < 1.29 is 4.74 Å². The lowest BCUT2D eigenvalue weighted by atomic mass is 10.1. The van der Waals surface area contributed by atoms with E-state index in [0.29, 0.717) is 5.02 Å². The Bertz CT molecular complexity index is 860. The van der Waals surface area contributed by atoms with Crippen LogP contribution in [0.4, 0.5) is 5.82 Å². The van der Waals surface area contributed by atoms with E-state index in [2.05, 4.69) is 9.88 Å². The standard InChI is InChI=1S/C18H16ClN3O/c1-23-13-4-5-14-15(19)10-16(21-17(14)9-13)12-3-6-18(20-11-12)22-7-2-8-22/h3-6,9-11H,2,7-8H2,1H3. The fourth-order valence-electron chi connectivity index (χ4n) is 2.71. The number of hydrogen-bond donors (Lipinski definition) is 0. The molecule has 1 aliphatic rings. The molecule has 0 bridgehead atoms. The summed E-state index contributed by atoms with van der Waals surface area (Å²) in [5, 5.41) is 1.60. The first-order valence-corrected chi connectivity index (χ1v) is 7.98. The van der Waals surface area contributed by atoms with Gasteiger partial charge in [0.15, 0.2) is 0 Å². The highest BCUT2D eigenvalue weighted by Crippen LogP contribution is 2.30. The minimum Gasteiger partial charge on any atom is -0.497 e. The number of fused-ring (bicyclic) bond motifs is 1. The Kier molecular flexibility index (Phi) is 3.54. The second-order valence-corrected chi connectivity index (χ2v) is 6.03. The molecule has 0 unspecified atom stereocenters. The average Bonchev–Trinajstić information content (AvgIpc) is 2.53. The SMILES string of the molecule is COc1ccc2c(Cl)cc(-c3ccc(N4CCC4)nc3)nc2c1. The van der Waals surface area contributed by atoms with Crippen LogP contribution in [0.1, 0.15) is 6.42 Å². The minimum atomic E-state index is 0.680. The maximum atomic E-state index is 6.41. The molecule has 0 saturated carbocycles. The van der Waals surface area contributed by atoms with Crippen LogP contribution in [0.2, 0.25) is 5.02 Å². The lowest BCUT2D eigenvalue weighted by Gasteiger charge is -2.31. The van der Waals surface area contributed by atoms with Crippen molar-refractivity contribution in [2.24, 2.45) is 0 Å². The van der Waals surface area contributed by atoms with E-state index in [-0.39, 0.29) is 0 Å². The molecule has 0 radical (unpaired) electrons. The fraction of sp³-hybridized carbons (Fsp3) is 0.222. The van der Waals surface area contributed by atoms with Crippen LogP contribution in [0.3, 0.4) is 0 Å². The van der Waals surface area contributed by atoms with E-state index >= 15 is 0 Å². The molecule has 0 spiro atoms. The van der Waals surface area contributed by atoms with E-state index in [1.807, 2.05) is 42.6 Å². The smallest absolute Gasteiger partial charge is 0.128 e. The first-order chi connectivity index (χ1) is 11.2. The molecule has 5 heteroatoms. The Morgan fingerprint density at radius 2 is 2.00 bits per heavy atom. The van der Waals surface area contributed by atoms with Gasteiger partial charge in [-0.05, 0) is 36.8 Å². The van der Waals surface area contributed by atoms with E-state index in [1.165, 1.54) is 6.42 Å². The maximum absolute atomic E-state index is 6.41. The lowest BCUT2D eigenvalue weighted by Crippen LogP contribution is -2.37. The van der Waals surface area contributed by atoms with Crippen LogP contribution in [0, 0.1) is 0 Å². The summed E-state index contributed by atoms with van der Waals surface area (Å²) in [7, 11) is 1.64. The highest BCUT2D eigenvalue weighted by Gasteiger charge is 2.15. The fourth-order valence-corrected chi connectivity index (χ4v) is 2.97. The quantitative estimate of drug-likeness (QED) is 0.724. The van der Waals surface area contributed by atoms with Gasteiger partial charge in [0.1, 0.15) is 11.6 Å². The third-order valence-electron chi connectivity index (χ3n) is 4.19. The van der Waals surface area contributed by atoms with Gasteiger partial charge in [-0.3, -0.25) is 0 Å². The normalized spacial score (nSPS) is 13.9. The monoisotopic (exact) mass is 325 g/mol. The summed E-state index contributed by atoms with van der Waals surface area (Å²) < 4.78 is 5.27. The number of methoxy groups -OCH3 is 1. The van der Waals surface area contributed by atoms with Gasteiger partial charge >= 0.3 is 0 Å².